The van der Waals surface area contributed by atoms with Gasteiger partial charge in [-0.1, -0.05) is 0 Å². The van der Waals surface area contributed by atoms with Crippen LogP contribution in [-0.2, 0) is 19.1 Å². The van der Waals surface area contributed by atoms with Gasteiger partial charge >= 0.3 is 11.9 Å². The van der Waals surface area contributed by atoms with E-state index < -0.39 is 17.7 Å². The van der Waals surface area contributed by atoms with E-state index >= 15 is 0 Å². The first kappa shape index (κ1) is 14.4. The Bertz CT molecular complexity index is 658. The zero-order valence-electron chi connectivity index (χ0n) is 11.4. The number of hydrazone groups is 1. The molecule has 7 nitrogen and oxygen atoms in total. The number of hydrogen-bond donors (Lipinski definition) is 1. The fourth-order valence-electron chi connectivity index (χ4n) is 1.60. The molecule has 1 aromatic carbocycles. The summed E-state index contributed by atoms with van der Waals surface area (Å²) in [5.74, 6) is -1.56. The van der Waals surface area contributed by atoms with Gasteiger partial charge in [-0.2, -0.15) is 5.10 Å². The number of hydrogen-bond acceptors (Lipinski definition) is 7. The highest BCUT2D eigenvalue weighted by molar-refractivity contribution is 6.67. The molecule has 0 spiro atoms. The Morgan fingerprint density at radius 3 is 2.48 bits per heavy atom. The van der Waals surface area contributed by atoms with Gasteiger partial charge in [-0.05, 0) is 31.2 Å². The lowest BCUT2D eigenvalue weighted by Crippen LogP contribution is -2.30. The van der Waals surface area contributed by atoms with Crippen molar-refractivity contribution in [3.05, 3.63) is 41.7 Å². The van der Waals surface area contributed by atoms with Gasteiger partial charge in [0.25, 0.3) is 0 Å². The number of benzene rings is 1. The molecule has 1 aliphatic heterocycles. The van der Waals surface area contributed by atoms with Gasteiger partial charge in [0.05, 0.1) is 18.4 Å². The molecule has 2 rings (SSSR count). The average Bonchev–Trinajstić information content (AvgIpc) is 2.46. The summed E-state index contributed by atoms with van der Waals surface area (Å²) < 4.78 is 9.36. The molecule has 1 N–H and O–H groups in total. The van der Waals surface area contributed by atoms with Crippen molar-refractivity contribution in [3.63, 3.8) is 0 Å². The zero-order chi connectivity index (χ0) is 15.4. The van der Waals surface area contributed by atoms with Gasteiger partial charge in [0, 0.05) is 6.08 Å². The molecule has 0 bridgehead atoms. The SMILES string of the molecule is COC(=O)c1ccc(NN=C2C(=O)C=C(C)OC2=O)cc1. The lowest BCUT2D eigenvalue weighted by molar-refractivity contribution is -0.133. The van der Waals surface area contributed by atoms with Crippen molar-refractivity contribution in [2.45, 2.75) is 6.92 Å². The number of anilines is 1. The van der Waals surface area contributed by atoms with Crippen molar-refractivity contribution in [2.24, 2.45) is 5.10 Å². The van der Waals surface area contributed by atoms with Crippen molar-refractivity contribution < 1.29 is 23.9 Å². The summed E-state index contributed by atoms with van der Waals surface area (Å²) in [6.45, 7) is 1.51. The number of esters is 2. The second kappa shape index (κ2) is 6.00. The number of nitrogens with zero attached hydrogens (tertiary/aromatic N) is 1. The molecule has 0 amide bonds. The predicted octanol–water partition coefficient (Wildman–Crippen LogP) is 1.27. The Morgan fingerprint density at radius 1 is 1.24 bits per heavy atom. The third kappa shape index (κ3) is 3.33. The van der Waals surface area contributed by atoms with Gasteiger partial charge in [-0.15, -0.1) is 0 Å². The molecule has 21 heavy (non-hydrogen) atoms. The zero-order valence-corrected chi connectivity index (χ0v) is 11.4. The summed E-state index contributed by atoms with van der Waals surface area (Å²) in [6, 6.07) is 6.19. The fraction of sp³-hybridized carbons (Fsp3) is 0.143. The summed E-state index contributed by atoms with van der Waals surface area (Å²) in [7, 11) is 1.29. The summed E-state index contributed by atoms with van der Waals surface area (Å²) in [5.41, 5.74) is 3.10. The first-order valence-corrected chi connectivity index (χ1v) is 5.98. The van der Waals surface area contributed by atoms with Crippen molar-refractivity contribution in [2.75, 3.05) is 12.5 Å². The van der Waals surface area contributed by atoms with Gasteiger partial charge < -0.3 is 9.47 Å². The Kier molecular flexibility index (Phi) is 4.13. The molecule has 0 aromatic heterocycles. The van der Waals surface area contributed by atoms with Crippen LogP contribution >= 0.6 is 0 Å². The number of carbonyl (C=O) groups excluding carboxylic acids is 3. The van der Waals surface area contributed by atoms with E-state index in [1.165, 1.54) is 32.2 Å². The van der Waals surface area contributed by atoms with Crippen molar-refractivity contribution in [1.82, 2.24) is 0 Å². The van der Waals surface area contributed by atoms with E-state index in [0.29, 0.717) is 11.3 Å². The van der Waals surface area contributed by atoms with Crippen LogP contribution in [-0.4, -0.2) is 30.5 Å². The third-order valence-corrected chi connectivity index (χ3v) is 2.62. The number of ether oxygens (including phenoxy) is 2. The van der Waals surface area contributed by atoms with E-state index in [9.17, 15) is 14.4 Å². The highest BCUT2D eigenvalue weighted by atomic mass is 16.5. The number of ketones is 1. The third-order valence-electron chi connectivity index (χ3n) is 2.62. The Balaban J connectivity index is 2.12. The topological polar surface area (TPSA) is 94.1 Å². The summed E-state index contributed by atoms with van der Waals surface area (Å²) in [6.07, 6.45) is 1.18. The lowest BCUT2D eigenvalue weighted by Gasteiger charge is -2.10. The van der Waals surface area contributed by atoms with Gasteiger partial charge in [0.15, 0.2) is 0 Å². The van der Waals surface area contributed by atoms with Crippen LogP contribution in [0, 0.1) is 0 Å². The lowest BCUT2D eigenvalue weighted by atomic mass is 10.2. The number of nitrogens with one attached hydrogen (secondary N) is 1. The highest BCUT2D eigenvalue weighted by Gasteiger charge is 2.26. The number of carbonyl (C=O) groups is 3. The van der Waals surface area contributed by atoms with E-state index in [0.717, 1.165) is 0 Å². The van der Waals surface area contributed by atoms with E-state index in [4.69, 9.17) is 4.74 Å². The Labute approximate surface area is 120 Å². The van der Waals surface area contributed by atoms with E-state index in [1.54, 1.807) is 12.1 Å². The second-order valence-corrected chi connectivity index (χ2v) is 4.15. The first-order chi connectivity index (χ1) is 10.0. The van der Waals surface area contributed by atoms with Crippen LogP contribution in [0.25, 0.3) is 0 Å². The first-order valence-electron chi connectivity index (χ1n) is 5.98. The molecule has 1 aliphatic rings. The van der Waals surface area contributed by atoms with E-state index in [2.05, 4.69) is 15.3 Å². The van der Waals surface area contributed by atoms with Gasteiger partial charge in [-0.3, -0.25) is 10.2 Å². The average molecular weight is 288 g/mol. The van der Waals surface area contributed by atoms with Gasteiger partial charge in [0.1, 0.15) is 5.76 Å². The van der Waals surface area contributed by atoms with Crippen LogP contribution in [0.2, 0.25) is 0 Å². The van der Waals surface area contributed by atoms with Crippen LogP contribution in [0.1, 0.15) is 17.3 Å². The molecule has 7 heteroatoms. The maximum absolute atomic E-state index is 11.6. The Hall–Kier alpha value is -2.96. The molecule has 0 atom stereocenters. The molecule has 0 saturated heterocycles. The molecule has 1 heterocycles. The molecule has 0 radical (unpaired) electrons. The molecular formula is C14H12N2O5. The molecule has 0 fully saturated rings. The van der Waals surface area contributed by atoms with Crippen molar-refractivity contribution in [1.29, 1.82) is 0 Å². The van der Waals surface area contributed by atoms with Crippen LogP contribution < -0.4 is 5.43 Å². The minimum absolute atomic E-state index is 0.228. The molecule has 0 saturated carbocycles. The van der Waals surface area contributed by atoms with E-state index in [-0.39, 0.29) is 11.5 Å². The summed E-state index contributed by atoms with van der Waals surface area (Å²) in [4.78, 5) is 34.4. The standard InChI is InChI=1S/C14H12N2O5/c1-8-7-11(17)12(14(19)21-8)16-15-10-5-3-9(4-6-10)13(18)20-2/h3-7,15H,1-2H3. The number of cyclic esters (lactones) is 1. The largest absolute Gasteiger partial charge is 0.465 e. The minimum atomic E-state index is -0.807. The summed E-state index contributed by atoms with van der Waals surface area (Å²) in [5, 5.41) is 3.73. The van der Waals surface area contributed by atoms with Crippen LogP contribution in [0.5, 0.6) is 0 Å². The summed E-state index contributed by atoms with van der Waals surface area (Å²) >= 11 is 0. The normalized spacial score (nSPS) is 16.3. The van der Waals surface area contributed by atoms with Gasteiger partial charge in [-0.25, -0.2) is 9.59 Å². The quantitative estimate of drug-likeness (QED) is 0.665. The second-order valence-electron chi connectivity index (χ2n) is 4.15. The van der Waals surface area contributed by atoms with Crippen molar-refractivity contribution in [3.8, 4) is 0 Å². The van der Waals surface area contributed by atoms with E-state index in [1.807, 2.05) is 0 Å². The monoisotopic (exact) mass is 288 g/mol. The van der Waals surface area contributed by atoms with Gasteiger partial charge in [0.2, 0.25) is 11.5 Å². The van der Waals surface area contributed by atoms with Crippen molar-refractivity contribution >= 4 is 29.1 Å². The molecular weight excluding hydrogens is 276 g/mol. The fourth-order valence-corrected chi connectivity index (χ4v) is 1.60. The molecule has 0 aliphatic carbocycles. The predicted molar refractivity (Wildman–Crippen MR) is 73.7 cm³/mol. The minimum Gasteiger partial charge on any atom is -0.465 e. The molecule has 1 aromatic rings. The number of methoxy groups -OCH3 is 1. The Morgan fingerprint density at radius 2 is 1.90 bits per heavy atom. The maximum atomic E-state index is 11.6. The van der Waals surface area contributed by atoms with Crippen LogP contribution in [0.3, 0.4) is 0 Å². The number of rotatable bonds is 3. The smallest absolute Gasteiger partial charge is 0.367 e. The maximum Gasteiger partial charge on any atom is 0.367 e. The van der Waals surface area contributed by atoms with Crippen LogP contribution in [0.15, 0.2) is 41.2 Å². The number of allylic oxidation sites excluding steroid dienone is 2. The molecule has 108 valence electrons. The molecule has 0 unspecified atom stereocenters. The van der Waals surface area contributed by atoms with Crippen LogP contribution in [0.4, 0.5) is 5.69 Å². The highest BCUT2D eigenvalue weighted by Crippen LogP contribution is 2.12.